The molecule has 0 saturated carbocycles. The van der Waals surface area contributed by atoms with Crippen molar-refractivity contribution < 1.29 is 9.72 Å². The molecule has 0 fully saturated rings. The Labute approximate surface area is 127 Å². The third-order valence-electron chi connectivity index (χ3n) is 3.83. The van der Waals surface area contributed by atoms with Crippen LogP contribution in [0.5, 0.6) is 0 Å². The lowest BCUT2D eigenvalue weighted by Crippen LogP contribution is -2.20. The molecule has 0 aromatic heterocycles. The maximum absolute atomic E-state index is 12.4. The Balaban J connectivity index is 2.12. The molecule has 2 aromatic carbocycles. The largest absolute Gasteiger partial charge is 0.311 e. The number of benzene rings is 2. The highest BCUT2D eigenvalue weighted by atomic mass is 16.6. The fourth-order valence-electron chi connectivity index (χ4n) is 2.62. The van der Waals surface area contributed by atoms with E-state index in [0.717, 1.165) is 11.3 Å². The minimum atomic E-state index is -0.409. The molecule has 22 heavy (non-hydrogen) atoms. The summed E-state index contributed by atoms with van der Waals surface area (Å²) in [5.74, 6) is -0.107. The highest BCUT2D eigenvalue weighted by Crippen LogP contribution is 2.36. The van der Waals surface area contributed by atoms with E-state index in [1.165, 1.54) is 6.07 Å². The van der Waals surface area contributed by atoms with Gasteiger partial charge in [-0.1, -0.05) is 30.3 Å². The van der Waals surface area contributed by atoms with Crippen LogP contribution in [0.25, 0.3) is 11.6 Å². The predicted octanol–water partition coefficient (Wildman–Crippen LogP) is 3.42. The summed E-state index contributed by atoms with van der Waals surface area (Å²) >= 11 is 0. The molecule has 1 aliphatic rings. The number of nitrogens with zero attached hydrogens (tertiary/aromatic N) is 2. The second-order valence-corrected chi connectivity index (χ2v) is 5.24. The lowest BCUT2D eigenvalue weighted by Gasteiger charge is -2.07. The molecule has 0 atom stereocenters. The third-order valence-corrected chi connectivity index (χ3v) is 3.83. The third kappa shape index (κ3) is 2.16. The van der Waals surface area contributed by atoms with Gasteiger partial charge in [-0.05, 0) is 24.6 Å². The van der Waals surface area contributed by atoms with E-state index in [0.29, 0.717) is 16.7 Å². The summed E-state index contributed by atoms with van der Waals surface area (Å²) in [5.41, 5.74) is 3.55. The first-order valence-corrected chi connectivity index (χ1v) is 6.83. The van der Waals surface area contributed by atoms with Crippen molar-refractivity contribution in [2.75, 3.05) is 11.9 Å². The van der Waals surface area contributed by atoms with Crippen LogP contribution in [0.4, 0.5) is 11.4 Å². The Hall–Kier alpha value is -2.95. The van der Waals surface area contributed by atoms with Crippen molar-refractivity contribution in [3.8, 4) is 0 Å². The van der Waals surface area contributed by atoms with Crippen LogP contribution in [-0.4, -0.2) is 17.9 Å². The van der Waals surface area contributed by atoms with Gasteiger partial charge in [-0.2, -0.15) is 0 Å². The zero-order chi connectivity index (χ0) is 15.9. The zero-order valence-corrected chi connectivity index (χ0v) is 12.2. The summed E-state index contributed by atoms with van der Waals surface area (Å²) in [4.78, 5) is 24.6. The fourth-order valence-corrected chi connectivity index (χ4v) is 2.62. The number of para-hydroxylation sites is 1. The Morgan fingerprint density at radius 2 is 1.91 bits per heavy atom. The van der Waals surface area contributed by atoms with Crippen molar-refractivity contribution in [3.63, 3.8) is 0 Å². The van der Waals surface area contributed by atoms with Gasteiger partial charge in [-0.15, -0.1) is 0 Å². The second-order valence-electron chi connectivity index (χ2n) is 5.24. The van der Waals surface area contributed by atoms with Gasteiger partial charge in [-0.25, -0.2) is 0 Å². The Bertz CT molecular complexity index is 824. The number of fused-ring (bicyclic) bond motifs is 1. The molecule has 0 N–H and O–H groups in total. The van der Waals surface area contributed by atoms with Gasteiger partial charge in [0.25, 0.3) is 11.6 Å². The van der Waals surface area contributed by atoms with Gasteiger partial charge in [0.05, 0.1) is 10.6 Å². The average Bonchev–Trinajstić information content (AvgIpc) is 2.74. The molecule has 0 saturated heterocycles. The molecule has 0 spiro atoms. The second kappa shape index (κ2) is 5.11. The van der Waals surface area contributed by atoms with E-state index in [1.54, 1.807) is 37.1 Å². The van der Waals surface area contributed by atoms with Crippen LogP contribution in [0, 0.1) is 17.0 Å². The molecule has 5 nitrogen and oxygen atoms in total. The molecule has 5 heteroatoms. The van der Waals surface area contributed by atoms with Crippen LogP contribution in [0.1, 0.15) is 16.7 Å². The van der Waals surface area contributed by atoms with Gasteiger partial charge in [-0.3, -0.25) is 14.9 Å². The summed E-state index contributed by atoms with van der Waals surface area (Å²) in [6.45, 7) is 1.69. The number of hydrogen-bond acceptors (Lipinski definition) is 3. The Morgan fingerprint density at radius 1 is 1.18 bits per heavy atom. The number of carbonyl (C=O) groups is 1. The summed E-state index contributed by atoms with van der Waals surface area (Å²) in [5, 5.41) is 11.0. The van der Waals surface area contributed by atoms with E-state index >= 15 is 0 Å². The van der Waals surface area contributed by atoms with E-state index < -0.39 is 4.92 Å². The van der Waals surface area contributed by atoms with Crippen LogP contribution in [0.3, 0.4) is 0 Å². The van der Waals surface area contributed by atoms with Crippen molar-refractivity contribution in [1.82, 2.24) is 0 Å². The SMILES string of the molecule is Cc1ccc(/C=C2/C(=O)N(C)c3ccccc32)cc1[N+](=O)[O-]. The minimum absolute atomic E-state index is 0.0569. The summed E-state index contributed by atoms with van der Waals surface area (Å²) < 4.78 is 0. The first-order chi connectivity index (χ1) is 10.5. The number of carbonyl (C=O) groups excluding carboxylic acids is 1. The van der Waals surface area contributed by atoms with E-state index in [-0.39, 0.29) is 11.6 Å². The van der Waals surface area contributed by atoms with Crippen molar-refractivity contribution in [3.05, 3.63) is 69.3 Å². The normalized spacial score (nSPS) is 15.3. The first-order valence-electron chi connectivity index (χ1n) is 6.83. The maximum Gasteiger partial charge on any atom is 0.272 e. The monoisotopic (exact) mass is 294 g/mol. The number of amides is 1. The van der Waals surface area contributed by atoms with Crippen LogP contribution < -0.4 is 4.90 Å². The molecule has 110 valence electrons. The molecule has 2 aromatic rings. The standard InChI is InChI=1S/C17H14N2O3/c1-11-7-8-12(10-16(11)19(21)22)9-14-13-5-3-4-6-15(13)18(2)17(14)20/h3-10H,1-2H3/b14-9+. The topological polar surface area (TPSA) is 63.5 Å². The molecule has 1 heterocycles. The lowest BCUT2D eigenvalue weighted by molar-refractivity contribution is -0.385. The number of hydrogen-bond donors (Lipinski definition) is 0. The van der Waals surface area contributed by atoms with Gasteiger partial charge in [0, 0.05) is 29.8 Å². The molecule has 0 bridgehead atoms. The summed E-state index contributed by atoms with van der Waals surface area (Å²) in [7, 11) is 1.72. The molecular formula is C17H14N2O3. The van der Waals surface area contributed by atoms with Crippen LogP contribution in [0.2, 0.25) is 0 Å². The molecule has 1 aliphatic heterocycles. The van der Waals surface area contributed by atoms with Gasteiger partial charge in [0.15, 0.2) is 0 Å². The van der Waals surface area contributed by atoms with Crippen molar-refractivity contribution in [1.29, 1.82) is 0 Å². The van der Waals surface area contributed by atoms with Crippen molar-refractivity contribution in [2.24, 2.45) is 0 Å². The lowest BCUT2D eigenvalue weighted by atomic mass is 10.0. The number of rotatable bonds is 2. The van der Waals surface area contributed by atoms with E-state index in [1.807, 2.05) is 24.3 Å². The van der Waals surface area contributed by atoms with E-state index in [2.05, 4.69) is 0 Å². The average molecular weight is 294 g/mol. The number of aryl methyl sites for hydroxylation is 1. The molecule has 0 aliphatic carbocycles. The fraction of sp³-hybridized carbons (Fsp3) is 0.118. The highest BCUT2D eigenvalue weighted by molar-refractivity contribution is 6.35. The van der Waals surface area contributed by atoms with Crippen molar-refractivity contribution >= 4 is 28.9 Å². The van der Waals surface area contributed by atoms with Gasteiger partial charge >= 0.3 is 0 Å². The first kappa shape index (κ1) is 14.0. The molecular weight excluding hydrogens is 280 g/mol. The number of anilines is 1. The summed E-state index contributed by atoms with van der Waals surface area (Å²) in [6, 6.07) is 12.5. The van der Waals surface area contributed by atoms with Crippen LogP contribution in [-0.2, 0) is 4.79 Å². The van der Waals surface area contributed by atoms with Crippen LogP contribution >= 0.6 is 0 Å². The maximum atomic E-state index is 12.4. The molecule has 1 amide bonds. The van der Waals surface area contributed by atoms with E-state index in [9.17, 15) is 14.9 Å². The Morgan fingerprint density at radius 3 is 2.64 bits per heavy atom. The highest BCUT2D eigenvalue weighted by Gasteiger charge is 2.29. The van der Waals surface area contributed by atoms with E-state index in [4.69, 9.17) is 0 Å². The summed E-state index contributed by atoms with van der Waals surface area (Å²) in [6.07, 6.45) is 1.71. The molecule has 3 rings (SSSR count). The van der Waals surface area contributed by atoms with Crippen molar-refractivity contribution in [2.45, 2.75) is 6.92 Å². The molecule has 0 unspecified atom stereocenters. The smallest absolute Gasteiger partial charge is 0.272 e. The predicted molar refractivity (Wildman–Crippen MR) is 85.6 cm³/mol. The van der Waals surface area contributed by atoms with Gasteiger partial charge < -0.3 is 4.90 Å². The zero-order valence-electron chi connectivity index (χ0n) is 12.2. The van der Waals surface area contributed by atoms with Gasteiger partial charge in [0.2, 0.25) is 0 Å². The quantitative estimate of drug-likeness (QED) is 0.484. The number of nitro groups is 1. The Kier molecular flexibility index (Phi) is 3.25. The minimum Gasteiger partial charge on any atom is -0.311 e. The van der Waals surface area contributed by atoms with Gasteiger partial charge in [0.1, 0.15) is 0 Å². The van der Waals surface area contributed by atoms with Crippen LogP contribution in [0.15, 0.2) is 42.5 Å². The molecule has 0 radical (unpaired) electrons. The number of nitro benzene ring substituents is 1. The number of likely N-dealkylation sites (N-methyl/N-ethyl adjacent to an activating group) is 1.